The first-order valence-corrected chi connectivity index (χ1v) is 6.85. The molecule has 1 N–H and O–H groups in total. The van der Waals surface area contributed by atoms with Gasteiger partial charge in [-0.25, -0.2) is 0 Å². The quantitative estimate of drug-likeness (QED) is 0.766. The number of fused-ring (bicyclic) bond motifs is 2. The van der Waals surface area contributed by atoms with E-state index in [9.17, 15) is 0 Å². The minimum Gasteiger partial charge on any atom is -0.355 e. The Morgan fingerprint density at radius 2 is 2.21 bits per heavy atom. The van der Waals surface area contributed by atoms with E-state index in [1.807, 2.05) is 6.08 Å². The number of benzene rings is 1. The minimum atomic E-state index is 0.632. The van der Waals surface area contributed by atoms with Gasteiger partial charge in [0.25, 0.3) is 0 Å². The number of hydrogen-bond acceptors (Lipinski definition) is 0. The van der Waals surface area contributed by atoms with E-state index in [1.54, 1.807) is 0 Å². The molecule has 1 atom stereocenters. The van der Waals surface area contributed by atoms with Crippen molar-refractivity contribution in [2.24, 2.45) is 5.92 Å². The molecular formula is C18H19N. The highest BCUT2D eigenvalue weighted by atomic mass is 14.7. The maximum Gasteiger partial charge on any atom is 0.0471 e. The molecular weight excluding hydrogens is 230 g/mol. The number of aromatic nitrogens is 1. The highest BCUT2D eigenvalue weighted by Crippen LogP contribution is 2.31. The molecule has 0 radical (unpaired) electrons. The van der Waals surface area contributed by atoms with Gasteiger partial charge in [0.05, 0.1) is 0 Å². The van der Waals surface area contributed by atoms with Crippen molar-refractivity contribution in [3.8, 4) is 0 Å². The maximum atomic E-state index is 3.90. The molecule has 1 nitrogen and oxygen atoms in total. The van der Waals surface area contributed by atoms with Gasteiger partial charge in [0, 0.05) is 22.2 Å². The molecule has 0 bridgehead atoms. The van der Waals surface area contributed by atoms with Crippen molar-refractivity contribution in [1.82, 2.24) is 4.98 Å². The second-order valence-electron chi connectivity index (χ2n) is 5.29. The summed E-state index contributed by atoms with van der Waals surface area (Å²) in [5.74, 6) is 0.632. The third kappa shape index (κ3) is 1.95. The van der Waals surface area contributed by atoms with Gasteiger partial charge in [0.1, 0.15) is 0 Å². The number of rotatable bonds is 2. The monoisotopic (exact) mass is 249 g/mol. The van der Waals surface area contributed by atoms with Crippen molar-refractivity contribution in [3.63, 3.8) is 0 Å². The zero-order valence-electron chi connectivity index (χ0n) is 11.5. The summed E-state index contributed by atoms with van der Waals surface area (Å²) in [6.07, 6.45) is 11.8. The summed E-state index contributed by atoms with van der Waals surface area (Å²) in [6, 6.07) is 4.59. The number of allylic oxidation sites excluding steroid dienone is 2. The van der Waals surface area contributed by atoms with Crippen molar-refractivity contribution in [2.45, 2.75) is 20.3 Å². The largest absolute Gasteiger partial charge is 0.355 e. The van der Waals surface area contributed by atoms with E-state index in [4.69, 9.17) is 0 Å². The topological polar surface area (TPSA) is 15.8 Å². The lowest BCUT2D eigenvalue weighted by atomic mass is 9.89. The van der Waals surface area contributed by atoms with Crippen LogP contribution < -0.4 is 0 Å². The van der Waals surface area contributed by atoms with Crippen LogP contribution in [0.25, 0.3) is 29.1 Å². The number of nitrogens with one attached hydrogen (secondary N) is 1. The molecule has 0 spiro atoms. The van der Waals surface area contributed by atoms with Gasteiger partial charge in [-0.05, 0) is 48.6 Å². The van der Waals surface area contributed by atoms with Crippen LogP contribution in [0.5, 0.6) is 0 Å². The van der Waals surface area contributed by atoms with Crippen molar-refractivity contribution in [1.29, 1.82) is 0 Å². The average molecular weight is 249 g/mol. The van der Waals surface area contributed by atoms with Gasteiger partial charge in [-0.3, -0.25) is 0 Å². The van der Waals surface area contributed by atoms with Crippen LogP contribution in [0.3, 0.4) is 0 Å². The third-order valence-corrected chi connectivity index (χ3v) is 3.81. The van der Waals surface area contributed by atoms with Gasteiger partial charge in [0.2, 0.25) is 0 Å². The molecule has 0 fully saturated rings. The molecule has 96 valence electrons. The van der Waals surface area contributed by atoms with Crippen molar-refractivity contribution >= 4 is 29.1 Å². The summed E-state index contributed by atoms with van der Waals surface area (Å²) < 4.78 is 0. The lowest BCUT2D eigenvalue weighted by Crippen LogP contribution is -2.02. The Bertz CT molecular complexity index is 698. The standard InChI is InChI=1S/C18H19N/c1-4-6-15-16-10-14-9-12(3)7-8-13(14)11-18(16)19-17(15)5-2/h4-8,10-12,19H,2,9H2,1,3H3/b6-4-. The van der Waals surface area contributed by atoms with Crippen molar-refractivity contribution in [3.05, 3.63) is 53.2 Å². The summed E-state index contributed by atoms with van der Waals surface area (Å²) in [6.45, 7) is 8.22. The lowest BCUT2D eigenvalue weighted by Gasteiger charge is -2.15. The molecule has 1 aliphatic rings. The highest BCUT2D eigenvalue weighted by Gasteiger charge is 2.14. The van der Waals surface area contributed by atoms with Crippen LogP contribution >= 0.6 is 0 Å². The van der Waals surface area contributed by atoms with Crippen LogP contribution in [-0.4, -0.2) is 4.98 Å². The second-order valence-corrected chi connectivity index (χ2v) is 5.29. The van der Waals surface area contributed by atoms with E-state index in [2.05, 4.69) is 61.8 Å². The molecule has 1 heterocycles. The SMILES string of the molecule is C=Cc1[nH]c2cc3c(cc2c1/C=C\C)CC(C)C=C3. The van der Waals surface area contributed by atoms with Crippen LogP contribution in [0.4, 0.5) is 0 Å². The Balaban J connectivity index is 2.28. The smallest absolute Gasteiger partial charge is 0.0471 e. The Morgan fingerprint density at radius 3 is 2.95 bits per heavy atom. The first-order valence-electron chi connectivity index (χ1n) is 6.85. The van der Waals surface area contributed by atoms with Gasteiger partial charge in [0.15, 0.2) is 0 Å². The molecule has 0 amide bonds. The fourth-order valence-corrected chi connectivity index (χ4v) is 2.87. The zero-order valence-corrected chi connectivity index (χ0v) is 11.5. The molecule has 0 saturated carbocycles. The van der Waals surface area contributed by atoms with E-state index in [-0.39, 0.29) is 0 Å². The molecule has 19 heavy (non-hydrogen) atoms. The van der Waals surface area contributed by atoms with E-state index in [0.717, 1.165) is 12.1 Å². The molecule has 1 heteroatoms. The summed E-state index contributed by atoms with van der Waals surface area (Å²) in [4.78, 5) is 3.46. The number of H-pyrrole nitrogens is 1. The van der Waals surface area contributed by atoms with Crippen LogP contribution in [0.15, 0.2) is 30.9 Å². The Labute approximate surface area is 114 Å². The van der Waals surface area contributed by atoms with E-state index >= 15 is 0 Å². The molecule has 1 aromatic carbocycles. The first-order chi connectivity index (χ1) is 9.22. The molecule has 1 aliphatic carbocycles. The number of aromatic amines is 1. The zero-order chi connectivity index (χ0) is 13.4. The van der Waals surface area contributed by atoms with Gasteiger partial charge < -0.3 is 4.98 Å². The van der Waals surface area contributed by atoms with Crippen molar-refractivity contribution < 1.29 is 0 Å². The molecule has 3 rings (SSSR count). The van der Waals surface area contributed by atoms with Gasteiger partial charge in [-0.15, -0.1) is 0 Å². The first kappa shape index (κ1) is 12.0. The summed E-state index contributed by atoms with van der Waals surface area (Å²) in [7, 11) is 0. The van der Waals surface area contributed by atoms with E-state index in [1.165, 1.54) is 27.6 Å². The van der Waals surface area contributed by atoms with Crippen LogP contribution in [-0.2, 0) is 6.42 Å². The molecule has 0 aliphatic heterocycles. The second kappa shape index (κ2) is 4.58. The third-order valence-electron chi connectivity index (χ3n) is 3.81. The van der Waals surface area contributed by atoms with Gasteiger partial charge >= 0.3 is 0 Å². The average Bonchev–Trinajstić information content (AvgIpc) is 2.74. The molecule has 0 saturated heterocycles. The Morgan fingerprint density at radius 1 is 1.37 bits per heavy atom. The summed E-state index contributed by atoms with van der Waals surface area (Å²) in [5, 5.41) is 1.30. The molecule has 1 aromatic heterocycles. The normalized spacial score (nSPS) is 18.1. The lowest BCUT2D eigenvalue weighted by molar-refractivity contribution is 0.718. The van der Waals surface area contributed by atoms with Crippen LogP contribution in [0, 0.1) is 5.92 Å². The van der Waals surface area contributed by atoms with Gasteiger partial charge in [-0.2, -0.15) is 0 Å². The number of hydrogen-bond donors (Lipinski definition) is 1. The predicted molar refractivity (Wildman–Crippen MR) is 85.0 cm³/mol. The van der Waals surface area contributed by atoms with Crippen molar-refractivity contribution in [2.75, 3.05) is 0 Å². The van der Waals surface area contributed by atoms with Gasteiger partial charge in [-0.1, -0.05) is 37.8 Å². The van der Waals surface area contributed by atoms with E-state index < -0.39 is 0 Å². The summed E-state index contributed by atoms with van der Waals surface area (Å²) >= 11 is 0. The van der Waals surface area contributed by atoms with Crippen LogP contribution in [0.1, 0.15) is 36.2 Å². The fourth-order valence-electron chi connectivity index (χ4n) is 2.87. The Kier molecular flexibility index (Phi) is 2.90. The predicted octanol–water partition coefficient (Wildman–Crippen LogP) is 5.05. The van der Waals surface area contributed by atoms with Crippen LogP contribution in [0.2, 0.25) is 0 Å². The molecule has 1 unspecified atom stereocenters. The maximum absolute atomic E-state index is 3.90. The summed E-state index contributed by atoms with van der Waals surface area (Å²) in [5.41, 5.74) is 6.34. The molecule has 2 aromatic rings. The highest BCUT2D eigenvalue weighted by molar-refractivity contribution is 5.95. The van der Waals surface area contributed by atoms with E-state index in [0.29, 0.717) is 5.92 Å². The fraction of sp³-hybridized carbons (Fsp3) is 0.222. The Hall–Kier alpha value is -2.02. The minimum absolute atomic E-state index is 0.632.